The first-order chi connectivity index (χ1) is 11.7. The van der Waals surface area contributed by atoms with Gasteiger partial charge in [0.2, 0.25) is 0 Å². The molecule has 2 aromatic heterocycles. The molecule has 24 heavy (non-hydrogen) atoms. The van der Waals surface area contributed by atoms with Crippen LogP contribution in [0, 0.1) is 6.92 Å². The van der Waals surface area contributed by atoms with E-state index < -0.39 is 0 Å². The van der Waals surface area contributed by atoms with Crippen molar-refractivity contribution in [2.24, 2.45) is 0 Å². The van der Waals surface area contributed by atoms with Crippen molar-refractivity contribution < 1.29 is 4.79 Å². The van der Waals surface area contributed by atoms with Crippen LogP contribution in [0.3, 0.4) is 0 Å². The van der Waals surface area contributed by atoms with Gasteiger partial charge in [-0.2, -0.15) is 0 Å². The maximum atomic E-state index is 12.3. The maximum Gasteiger partial charge on any atom is 0.264 e. The molecule has 126 valence electrons. The van der Waals surface area contributed by atoms with Gasteiger partial charge in [0.05, 0.1) is 5.69 Å². The summed E-state index contributed by atoms with van der Waals surface area (Å²) in [6.45, 7) is 5.74. The lowest BCUT2D eigenvalue weighted by Gasteiger charge is -2.09. The minimum absolute atomic E-state index is 0.0532. The number of carbonyl (C=O) groups excluding carboxylic acids is 1. The highest BCUT2D eigenvalue weighted by Gasteiger charge is 2.15. The first-order valence-electron chi connectivity index (χ1n) is 8.35. The SMILES string of the molecule is CCCc1nnsc1C(=O)NCCCn1c(C)cc2ccccc21. The van der Waals surface area contributed by atoms with E-state index in [2.05, 4.69) is 63.7 Å². The summed E-state index contributed by atoms with van der Waals surface area (Å²) in [4.78, 5) is 12.9. The monoisotopic (exact) mass is 342 g/mol. The standard InChI is InChI=1S/C18H22N4OS/c1-3-7-15-17(24-21-20-15)18(23)19-10-6-11-22-13(2)12-14-8-4-5-9-16(14)22/h4-5,8-9,12H,3,6-7,10-11H2,1-2H3,(H,19,23). The fourth-order valence-corrected chi connectivity index (χ4v) is 3.57. The van der Waals surface area contributed by atoms with Crippen LogP contribution in [-0.4, -0.2) is 26.6 Å². The molecule has 0 radical (unpaired) electrons. The number of fused-ring (bicyclic) bond motifs is 1. The Bertz CT molecular complexity index is 837. The van der Waals surface area contributed by atoms with Gasteiger partial charge in [-0.25, -0.2) is 0 Å². The van der Waals surface area contributed by atoms with E-state index in [4.69, 9.17) is 0 Å². The van der Waals surface area contributed by atoms with Crippen molar-refractivity contribution in [3.8, 4) is 0 Å². The molecule has 0 aliphatic rings. The van der Waals surface area contributed by atoms with Crippen molar-refractivity contribution in [2.75, 3.05) is 6.54 Å². The normalized spacial score (nSPS) is 11.1. The zero-order valence-corrected chi connectivity index (χ0v) is 14.9. The summed E-state index contributed by atoms with van der Waals surface area (Å²) in [6.07, 6.45) is 2.65. The van der Waals surface area contributed by atoms with Gasteiger partial charge in [0.1, 0.15) is 4.88 Å². The largest absolute Gasteiger partial charge is 0.351 e. The van der Waals surface area contributed by atoms with Gasteiger partial charge in [0.25, 0.3) is 5.91 Å². The number of rotatable bonds is 7. The average Bonchev–Trinajstić information content (AvgIpc) is 3.16. The van der Waals surface area contributed by atoms with Crippen LogP contribution in [0.5, 0.6) is 0 Å². The number of amides is 1. The first kappa shape index (κ1) is 16.6. The molecule has 3 rings (SSSR count). The molecular weight excluding hydrogens is 320 g/mol. The summed E-state index contributed by atoms with van der Waals surface area (Å²) in [5.74, 6) is -0.0532. The maximum absolute atomic E-state index is 12.3. The number of aromatic nitrogens is 3. The number of nitrogens with one attached hydrogen (secondary N) is 1. The molecule has 0 fully saturated rings. The third kappa shape index (κ3) is 3.48. The summed E-state index contributed by atoms with van der Waals surface area (Å²) in [5, 5.41) is 8.30. The van der Waals surface area contributed by atoms with Gasteiger partial charge in [0.15, 0.2) is 0 Å². The van der Waals surface area contributed by atoms with E-state index in [1.807, 2.05) is 0 Å². The third-order valence-corrected chi connectivity index (χ3v) is 4.88. The molecule has 0 aliphatic carbocycles. The van der Waals surface area contributed by atoms with E-state index in [1.54, 1.807) is 0 Å². The highest BCUT2D eigenvalue weighted by atomic mass is 32.1. The Morgan fingerprint density at radius 3 is 3.00 bits per heavy atom. The minimum Gasteiger partial charge on any atom is -0.351 e. The average molecular weight is 342 g/mol. The minimum atomic E-state index is -0.0532. The van der Waals surface area contributed by atoms with Crippen molar-refractivity contribution in [1.29, 1.82) is 0 Å². The van der Waals surface area contributed by atoms with Crippen molar-refractivity contribution in [1.82, 2.24) is 19.5 Å². The third-order valence-electron chi connectivity index (χ3n) is 4.11. The van der Waals surface area contributed by atoms with E-state index >= 15 is 0 Å². The molecule has 0 saturated carbocycles. The van der Waals surface area contributed by atoms with E-state index in [9.17, 15) is 4.79 Å². The van der Waals surface area contributed by atoms with Crippen LogP contribution in [-0.2, 0) is 13.0 Å². The fourth-order valence-electron chi connectivity index (χ4n) is 2.95. The molecule has 0 spiro atoms. The molecule has 0 aliphatic heterocycles. The Morgan fingerprint density at radius 2 is 2.17 bits per heavy atom. The van der Waals surface area contributed by atoms with Crippen LogP contribution >= 0.6 is 11.5 Å². The Labute approximate surface area is 145 Å². The number of hydrogen-bond acceptors (Lipinski definition) is 4. The van der Waals surface area contributed by atoms with Crippen LogP contribution in [0.25, 0.3) is 10.9 Å². The van der Waals surface area contributed by atoms with Gasteiger partial charge in [0, 0.05) is 24.3 Å². The zero-order valence-electron chi connectivity index (χ0n) is 14.1. The van der Waals surface area contributed by atoms with Crippen molar-refractivity contribution in [3.63, 3.8) is 0 Å². The van der Waals surface area contributed by atoms with Crippen molar-refractivity contribution in [2.45, 2.75) is 39.7 Å². The van der Waals surface area contributed by atoms with Crippen LogP contribution in [0.15, 0.2) is 30.3 Å². The molecule has 3 aromatic rings. The van der Waals surface area contributed by atoms with E-state index in [0.717, 1.165) is 31.5 Å². The molecule has 0 unspecified atom stereocenters. The Morgan fingerprint density at radius 1 is 1.33 bits per heavy atom. The summed E-state index contributed by atoms with van der Waals surface area (Å²) in [5.41, 5.74) is 3.31. The molecule has 0 bridgehead atoms. The van der Waals surface area contributed by atoms with Gasteiger partial charge in [-0.05, 0) is 48.8 Å². The van der Waals surface area contributed by atoms with Gasteiger partial charge >= 0.3 is 0 Å². The summed E-state index contributed by atoms with van der Waals surface area (Å²) < 4.78 is 6.21. The highest BCUT2D eigenvalue weighted by molar-refractivity contribution is 7.08. The van der Waals surface area contributed by atoms with Crippen molar-refractivity contribution in [3.05, 3.63) is 46.6 Å². The van der Waals surface area contributed by atoms with Crippen molar-refractivity contribution >= 4 is 28.3 Å². The lowest BCUT2D eigenvalue weighted by molar-refractivity contribution is 0.0955. The Kier molecular flexibility index (Phi) is 5.25. The van der Waals surface area contributed by atoms with Crippen LogP contribution in [0.2, 0.25) is 0 Å². The molecular formula is C18H22N4OS. The summed E-state index contributed by atoms with van der Waals surface area (Å²) >= 11 is 1.18. The van der Waals surface area contributed by atoms with E-state index in [1.165, 1.54) is 28.1 Å². The molecule has 5 nitrogen and oxygen atoms in total. The second-order valence-corrected chi connectivity index (χ2v) is 6.66. The molecule has 1 amide bonds. The molecule has 6 heteroatoms. The predicted molar refractivity (Wildman–Crippen MR) is 97.5 cm³/mol. The molecule has 1 aromatic carbocycles. The van der Waals surface area contributed by atoms with E-state index in [-0.39, 0.29) is 5.91 Å². The fraction of sp³-hybridized carbons (Fsp3) is 0.389. The van der Waals surface area contributed by atoms with Gasteiger partial charge in [-0.1, -0.05) is 36.0 Å². The Balaban J connectivity index is 1.56. The summed E-state index contributed by atoms with van der Waals surface area (Å²) in [6, 6.07) is 10.6. The summed E-state index contributed by atoms with van der Waals surface area (Å²) in [7, 11) is 0. The topological polar surface area (TPSA) is 59.8 Å². The lowest BCUT2D eigenvalue weighted by Crippen LogP contribution is -2.25. The quantitative estimate of drug-likeness (QED) is 0.668. The van der Waals surface area contributed by atoms with E-state index in [0.29, 0.717) is 11.4 Å². The van der Waals surface area contributed by atoms with Gasteiger partial charge in [-0.15, -0.1) is 5.10 Å². The second kappa shape index (κ2) is 7.57. The zero-order chi connectivity index (χ0) is 16.9. The van der Waals surface area contributed by atoms with Crippen LogP contribution in [0.4, 0.5) is 0 Å². The number of carbonyl (C=O) groups is 1. The second-order valence-electron chi connectivity index (χ2n) is 5.90. The number of nitrogens with zero attached hydrogens (tertiary/aromatic N) is 3. The van der Waals surface area contributed by atoms with Crippen LogP contribution in [0.1, 0.15) is 40.8 Å². The van der Waals surface area contributed by atoms with Gasteiger partial charge < -0.3 is 9.88 Å². The Hall–Kier alpha value is -2.21. The predicted octanol–water partition coefficient (Wildman–Crippen LogP) is 3.57. The smallest absolute Gasteiger partial charge is 0.264 e. The highest BCUT2D eigenvalue weighted by Crippen LogP contribution is 2.19. The molecule has 2 heterocycles. The molecule has 1 N–H and O–H groups in total. The molecule has 0 saturated heterocycles. The number of benzene rings is 1. The lowest BCUT2D eigenvalue weighted by atomic mass is 10.2. The van der Waals surface area contributed by atoms with Crippen LogP contribution < -0.4 is 5.32 Å². The number of hydrogen-bond donors (Lipinski definition) is 1. The molecule has 0 atom stereocenters. The first-order valence-corrected chi connectivity index (χ1v) is 9.12. The van der Waals surface area contributed by atoms with Gasteiger partial charge in [-0.3, -0.25) is 4.79 Å². The number of para-hydroxylation sites is 1. The number of aryl methyl sites for hydroxylation is 3.